The van der Waals surface area contributed by atoms with Gasteiger partial charge in [0.15, 0.2) is 11.5 Å². The van der Waals surface area contributed by atoms with Gasteiger partial charge in [-0.15, -0.1) is 0 Å². The van der Waals surface area contributed by atoms with Crippen molar-refractivity contribution in [1.82, 2.24) is 10.7 Å². The summed E-state index contributed by atoms with van der Waals surface area (Å²) < 4.78 is 16.4. The Labute approximate surface area is 222 Å². The highest BCUT2D eigenvalue weighted by Crippen LogP contribution is 2.28. The Morgan fingerprint density at radius 3 is 2.39 bits per heavy atom. The molecule has 0 bridgehead atoms. The highest BCUT2D eigenvalue weighted by molar-refractivity contribution is 5.97. The van der Waals surface area contributed by atoms with Crippen LogP contribution in [-0.2, 0) is 11.4 Å². The molecule has 3 aromatic rings. The third kappa shape index (κ3) is 7.34. The molecule has 0 aliphatic carbocycles. The van der Waals surface area contributed by atoms with Crippen LogP contribution in [0.1, 0.15) is 40.9 Å². The molecule has 0 aromatic heterocycles. The van der Waals surface area contributed by atoms with Crippen LogP contribution < -0.4 is 25.0 Å². The van der Waals surface area contributed by atoms with Gasteiger partial charge in [0.1, 0.15) is 18.4 Å². The van der Waals surface area contributed by atoms with Crippen LogP contribution in [0.2, 0.25) is 0 Å². The monoisotopic (exact) mass is 514 g/mol. The van der Waals surface area contributed by atoms with E-state index in [0.29, 0.717) is 33.9 Å². The van der Waals surface area contributed by atoms with Crippen molar-refractivity contribution in [3.63, 3.8) is 0 Å². The van der Waals surface area contributed by atoms with E-state index in [1.165, 1.54) is 13.3 Å². The number of carbonyl (C=O) groups excluding carboxylic acids is 2. The lowest BCUT2D eigenvalue weighted by atomic mass is 10.0. The molecule has 2 amide bonds. The summed E-state index contributed by atoms with van der Waals surface area (Å²) in [6, 6.07) is 20.4. The molecule has 2 N–H and O–H groups in total. The van der Waals surface area contributed by atoms with E-state index in [0.717, 1.165) is 5.56 Å². The maximum absolute atomic E-state index is 12.8. The minimum Gasteiger partial charge on any atom is -0.497 e. The van der Waals surface area contributed by atoms with Crippen LogP contribution in [0, 0.1) is 17.2 Å². The minimum absolute atomic E-state index is 0.171. The minimum atomic E-state index is -0.789. The summed E-state index contributed by atoms with van der Waals surface area (Å²) in [4.78, 5) is 25.4. The molecule has 0 saturated heterocycles. The predicted molar refractivity (Wildman–Crippen MR) is 143 cm³/mol. The van der Waals surface area contributed by atoms with Gasteiger partial charge in [0.2, 0.25) is 0 Å². The van der Waals surface area contributed by atoms with Gasteiger partial charge in [-0.3, -0.25) is 9.59 Å². The van der Waals surface area contributed by atoms with E-state index in [2.05, 4.69) is 21.9 Å². The van der Waals surface area contributed by atoms with Crippen LogP contribution in [0.3, 0.4) is 0 Å². The van der Waals surface area contributed by atoms with Gasteiger partial charge in [-0.1, -0.05) is 32.0 Å². The summed E-state index contributed by atoms with van der Waals surface area (Å²) in [7, 11) is 3.07. The van der Waals surface area contributed by atoms with Gasteiger partial charge < -0.3 is 19.5 Å². The number of amides is 2. The second-order valence-corrected chi connectivity index (χ2v) is 8.63. The number of hydrogen-bond donors (Lipinski definition) is 2. The van der Waals surface area contributed by atoms with Gasteiger partial charge >= 0.3 is 0 Å². The smallest absolute Gasteiger partial charge is 0.262 e. The van der Waals surface area contributed by atoms with Crippen LogP contribution in [0.25, 0.3) is 0 Å². The first-order chi connectivity index (χ1) is 18.4. The van der Waals surface area contributed by atoms with Crippen molar-refractivity contribution in [2.24, 2.45) is 11.0 Å². The number of hydrogen-bond acceptors (Lipinski definition) is 7. The number of nitrogens with zero attached hydrogens (tertiary/aromatic N) is 2. The van der Waals surface area contributed by atoms with Gasteiger partial charge in [0.25, 0.3) is 11.8 Å². The van der Waals surface area contributed by atoms with Crippen LogP contribution >= 0.6 is 0 Å². The number of rotatable bonds is 11. The highest BCUT2D eigenvalue weighted by Gasteiger charge is 2.24. The molecule has 0 heterocycles. The third-order valence-electron chi connectivity index (χ3n) is 5.68. The van der Waals surface area contributed by atoms with Crippen LogP contribution in [0.5, 0.6) is 17.2 Å². The van der Waals surface area contributed by atoms with Crippen molar-refractivity contribution < 1.29 is 23.8 Å². The maximum atomic E-state index is 12.8. The number of ether oxygens (including phenoxy) is 3. The molecule has 38 heavy (non-hydrogen) atoms. The average molecular weight is 515 g/mol. The van der Waals surface area contributed by atoms with E-state index in [9.17, 15) is 14.9 Å². The van der Waals surface area contributed by atoms with Crippen molar-refractivity contribution in [1.29, 1.82) is 5.26 Å². The number of benzene rings is 3. The topological polar surface area (TPSA) is 122 Å². The SMILES string of the molecule is COc1ccc(C(=O)NC(C(=O)NN=Cc2ccc(OCc3ccccc3C#N)c(OC)c2)C(C)C)cc1. The molecule has 196 valence electrons. The van der Waals surface area contributed by atoms with Gasteiger partial charge in [-0.25, -0.2) is 5.43 Å². The molecule has 9 nitrogen and oxygen atoms in total. The fraction of sp³-hybridized carbons (Fsp3) is 0.241. The number of nitrogens with one attached hydrogen (secondary N) is 2. The predicted octanol–water partition coefficient (Wildman–Crippen LogP) is 4.06. The van der Waals surface area contributed by atoms with Crippen molar-refractivity contribution in [2.45, 2.75) is 26.5 Å². The molecule has 1 unspecified atom stereocenters. The Hall–Kier alpha value is -4.84. The average Bonchev–Trinajstić information content (AvgIpc) is 2.94. The molecule has 0 aliphatic rings. The zero-order valence-electron chi connectivity index (χ0n) is 21.7. The van der Waals surface area contributed by atoms with Crippen LogP contribution in [0.4, 0.5) is 0 Å². The Balaban J connectivity index is 1.62. The van der Waals surface area contributed by atoms with Crippen molar-refractivity contribution in [3.8, 4) is 23.3 Å². The highest BCUT2D eigenvalue weighted by atomic mass is 16.5. The molecule has 0 fully saturated rings. The summed E-state index contributed by atoms with van der Waals surface area (Å²) >= 11 is 0. The molecule has 3 rings (SSSR count). The normalized spacial score (nSPS) is 11.5. The quantitative estimate of drug-likeness (QED) is 0.294. The summed E-state index contributed by atoms with van der Waals surface area (Å²) in [6.07, 6.45) is 1.47. The molecular formula is C29H30N4O5. The summed E-state index contributed by atoms with van der Waals surface area (Å²) in [6.45, 7) is 3.88. The van der Waals surface area contributed by atoms with E-state index >= 15 is 0 Å². The summed E-state index contributed by atoms with van der Waals surface area (Å²) in [5.41, 5.74) is 4.88. The lowest BCUT2D eigenvalue weighted by molar-refractivity contribution is -0.123. The van der Waals surface area contributed by atoms with E-state index < -0.39 is 11.9 Å². The number of methoxy groups -OCH3 is 2. The Bertz CT molecular complexity index is 1330. The Kier molecular flexibility index (Phi) is 9.83. The van der Waals surface area contributed by atoms with Crippen molar-refractivity contribution in [3.05, 3.63) is 89.0 Å². The second kappa shape index (κ2) is 13.5. The maximum Gasteiger partial charge on any atom is 0.262 e. The fourth-order valence-electron chi connectivity index (χ4n) is 3.54. The van der Waals surface area contributed by atoms with E-state index in [4.69, 9.17) is 14.2 Å². The summed E-state index contributed by atoms with van der Waals surface area (Å²) in [5.74, 6) is 0.623. The molecule has 0 aliphatic heterocycles. The van der Waals surface area contributed by atoms with Gasteiger partial charge in [-0.2, -0.15) is 10.4 Å². The van der Waals surface area contributed by atoms with Gasteiger partial charge in [0, 0.05) is 11.1 Å². The lowest BCUT2D eigenvalue weighted by Gasteiger charge is -2.20. The largest absolute Gasteiger partial charge is 0.497 e. The Morgan fingerprint density at radius 1 is 1.00 bits per heavy atom. The molecule has 0 radical (unpaired) electrons. The molecule has 1 atom stereocenters. The zero-order valence-corrected chi connectivity index (χ0v) is 21.7. The van der Waals surface area contributed by atoms with Gasteiger partial charge in [-0.05, 0) is 60.0 Å². The van der Waals surface area contributed by atoms with E-state index in [1.54, 1.807) is 61.7 Å². The first kappa shape index (κ1) is 27.7. The van der Waals surface area contributed by atoms with Crippen LogP contribution in [0.15, 0.2) is 71.8 Å². The Morgan fingerprint density at radius 2 is 1.74 bits per heavy atom. The zero-order chi connectivity index (χ0) is 27.5. The number of nitriles is 1. The van der Waals surface area contributed by atoms with Gasteiger partial charge in [0.05, 0.1) is 32.1 Å². The van der Waals surface area contributed by atoms with Crippen molar-refractivity contribution in [2.75, 3.05) is 14.2 Å². The molecule has 9 heteroatoms. The molecule has 3 aromatic carbocycles. The third-order valence-corrected chi connectivity index (χ3v) is 5.68. The fourth-order valence-corrected chi connectivity index (χ4v) is 3.54. The van der Waals surface area contributed by atoms with E-state index in [-0.39, 0.29) is 18.4 Å². The standard InChI is InChI=1S/C29H30N4O5/c1-19(2)27(32-28(34)21-10-12-24(36-3)13-11-21)29(35)33-31-17-20-9-14-25(26(15-20)37-4)38-18-23-8-6-5-7-22(23)16-30/h5-15,17,19,27H,18H2,1-4H3,(H,32,34)(H,33,35). The van der Waals surface area contributed by atoms with Crippen LogP contribution in [-0.4, -0.2) is 38.3 Å². The first-order valence-electron chi connectivity index (χ1n) is 11.9. The molecular weight excluding hydrogens is 484 g/mol. The number of carbonyl (C=O) groups is 2. The first-order valence-corrected chi connectivity index (χ1v) is 11.9. The van der Waals surface area contributed by atoms with E-state index in [1.807, 2.05) is 26.0 Å². The molecule has 0 saturated carbocycles. The number of hydrazone groups is 1. The lowest BCUT2D eigenvalue weighted by Crippen LogP contribution is -2.48. The second-order valence-electron chi connectivity index (χ2n) is 8.63. The van der Waals surface area contributed by atoms with Crippen molar-refractivity contribution >= 4 is 18.0 Å². The molecule has 0 spiro atoms. The summed E-state index contributed by atoms with van der Waals surface area (Å²) in [5, 5.41) is 16.1.